The van der Waals surface area contributed by atoms with Crippen LogP contribution in [0.25, 0.3) is 0 Å². The van der Waals surface area contributed by atoms with Crippen LogP contribution in [-0.4, -0.2) is 25.3 Å². The van der Waals surface area contributed by atoms with Gasteiger partial charge in [0, 0.05) is 12.6 Å². The van der Waals surface area contributed by atoms with Gasteiger partial charge in [0.25, 0.3) is 0 Å². The fourth-order valence-corrected chi connectivity index (χ4v) is 2.13. The molecule has 2 heteroatoms. The molecule has 0 amide bonds. The first kappa shape index (κ1) is 12.0. The zero-order chi connectivity index (χ0) is 10.2. The van der Waals surface area contributed by atoms with E-state index in [9.17, 15) is 0 Å². The molecule has 0 radical (unpaired) electrons. The predicted molar refractivity (Wildman–Crippen MR) is 60.6 cm³/mol. The molecule has 0 aromatic carbocycles. The van der Waals surface area contributed by atoms with E-state index in [2.05, 4.69) is 19.2 Å². The van der Waals surface area contributed by atoms with Crippen LogP contribution in [-0.2, 0) is 4.74 Å². The third-order valence-electron chi connectivity index (χ3n) is 2.90. The third kappa shape index (κ3) is 3.97. The number of hydrogen-bond acceptors (Lipinski definition) is 2. The van der Waals surface area contributed by atoms with E-state index in [0.717, 1.165) is 19.6 Å². The largest absolute Gasteiger partial charge is 0.377 e. The highest BCUT2D eigenvalue weighted by atomic mass is 16.5. The monoisotopic (exact) mass is 199 g/mol. The first-order chi connectivity index (χ1) is 6.88. The van der Waals surface area contributed by atoms with Crippen LogP contribution in [0, 0.1) is 0 Å². The Morgan fingerprint density at radius 3 is 2.64 bits per heavy atom. The Morgan fingerprint density at radius 2 is 1.93 bits per heavy atom. The lowest BCUT2D eigenvalue weighted by molar-refractivity contribution is 0.00565. The highest BCUT2D eigenvalue weighted by Crippen LogP contribution is 2.21. The van der Waals surface area contributed by atoms with Crippen LogP contribution in [0.5, 0.6) is 0 Å². The number of rotatable bonds is 6. The standard InChI is InChI=1S/C12H25NO/c1-3-9-13-11-7-5-6-8-12(11)14-10-4-2/h11-13H,3-10H2,1-2H3. The first-order valence-corrected chi connectivity index (χ1v) is 6.23. The van der Waals surface area contributed by atoms with Crippen molar-refractivity contribution in [3.05, 3.63) is 0 Å². The fourth-order valence-electron chi connectivity index (χ4n) is 2.13. The van der Waals surface area contributed by atoms with Crippen molar-refractivity contribution in [2.45, 2.75) is 64.5 Å². The quantitative estimate of drug-likeness (QED) is 0.710. The van der Waals surface area contributed by atoms with Gasteiger partial charge in [0.2, 0.25) is 0 Å². The Morgan fingerprint density at radius 1 is 1.14 bits per heavy atom. The molecule has 1 saturated carbocycles. The summed E-state index contributed by atoms with van der Waals surface area (Å²) in [5.74, 6) is 0. The summed E-state index contributed by atoms with van der Waals surface area (Å²) in [5, 5.41) is 3.61. The van der Waals surface area contributed by atoms with Crippen molar-refractivity contribution in [3.8, 4) is 0 Å². The molecule has 1 aliphatic rings. The van der Waals surface area contributed by atoms with Gasteiger partial charge in [0.05, 0.1) is 6.10 Å². The zero-order valence-corrected chi connectivity index (χ0v) is 9.72. The van der Waals surface area contributed by atoms with E-state index in [0.29, 0.717) is 12.1 Å². The Kier molecular flexibility index (Phi) is 6.20. The van der Waals surface area contributed by atoms with Crippen molar-refractivity contribution < 1.29 is 4.74 Å². The summed E-state index contributed by atoms with van der Waals surface area (Å²) in [5.41, 5.74) is 0. The molecule has 2 unspecified atom stereocenters. The van der Waals surface area contributed by atoms with Crippen LogP contribution < -0.4 is 5.32 Å². The average Bonchev–Trinajstić information content (AvgIpc) is 2.24. The van der Waals surface area contributed by atoms with Gasteiger partial charge in [-0.1, -0.05) is 26.7 Å². The molecule has 0 heterocycles. The molecule has 0 spiro atoms. The van der Waals surface area contributed by atoms with Crippen molar-refractivity contribution in [1.29, 1.82) is 0 Å². The predicted octanol–water partition coefficient (Wildman–Crippen LogP) is 2.72. The molecule has 84 valence electrons. The molecule has 0 bridgehead atoms. The molecule has 2 atom stereocenters. The fraction of sp³-hybridized carbons (Fsp3) is 1.00. The van der Waals surface area contributed by atoms with Gasteiger partial charge in [-0.05, 0) is 32.2 Å². The Labute approximate surface area is 88.4 Å². The molecule has 0 saturated heterocycles. The van der Waals surface area contributed by atoms with E-state index < -0.39 is 0 Å². The minimum absolute atomic E-state index is 0.482. The van der Waals surface area contributed by atoms with Gasteiger partial charge in [-0.25, -0.2) is 0 Å². The van der Waals surface area contributed by atoms with Crippen LogP contribution in [0.3, 0.4) is 0 Å². The van der Waals surface area contributed by atoms with Gasteiger partial charge in [0.15, 0.2) is 0 Å². The summed E-state index contributed by atoms with van der Waals surface area (Å²) in [6.07, 6.45) is 8.10. The maximum atomic E-state index is 5.88. The van der Waals surface area contributed by atoms with Crippen molar-refractivity contribution in [3.63, 3.8) is 0 Å². The highest BCUT2D eigenvalue weighted by molar-refractivity contribution is 4.81. The third-order valence-corrected chi connectivity index (χ3v) is 2.90. The summed E-state index contributed by atoms with van der Waals surface area (Å²) >= 11 is 0. The van der Waals surface area contributed by atoms with Gasteiger partial charge in [-0.15, -0.1) is 0 Å². The summed E-state index contributed by atoms with van der Waals surface area (Å²) in [4.78, 5) is 0. The minimum atomic E-state index is 0.482. The normalized spacial score (nSPS) is 27.9. The van der Waals surface area contributed by atoms with E-state index in [4.69, 9.17) is 4.74 Å². The Balaban J connectivity index is 2.26. The molecule has 1 fully saturated rings. The maximum absolute atomic E-state index is 5.88. The van der Waals surface area contributed by atoms with Crippen LogP contribution in [0.2, 0.25) is 0 Å². The smallest absolute Gasteiger partial charge is 0.0728 e. The number of ether oxygens (including phenoxy) is 1. The first-order valence-electron chi connectivity index (χ1n) is 6.23. The summed E-state index contributed by atoms with van der Waals surface area (Å²) in [7, 11) is 0. The van der Waals surface area contributed by atoms with Crippen LogP contribution in [0.4, 0.5) is 0 Å². The molecule has 1 aliphatic carbocycles. The topological polar surface area (TPSA) is 21.3 Å². The molecule has 2 nitrogen and oxygen atoms in total. The maximum Gasteiger partial charge on any atom is 0.0728 e. The van der Waals surface area contributed by atoms with Crippen LogP contribution in [0.1, 0.15) is 52.4 Å². The van der Waals surface area contributed by atoms with Crippen molar-refractivity contribution >= 4 is 0 Å². The van der Waals surface area contributed by atoms with Crippen molar-refractivity contribution in [1.82, 2.24) is 5.32 Å². The second kappa shape index (κ2) is 7.24. The Bertz CT molecular complexity index is 122. The summed E-state index contributed by atoms with van der Waals surface area (Å²) in [6, 6.07) is 0.621. The summed E-state index contributed by atoms with van der Waals surface area (Å²) in [6.45, 7) is 6.46. The lowest BCUT2D eigenvalue weighted by atomic mass is 9.92. The molecular formula is C12H25NO. The van der Waals surface area contributed by atoms with Crippen molar-refractivity contribution in [2.75, 3.05) is 13.2 Å². The minimum Gasteiger partial charge on any atom is -0.377 e. The molecule has 0 aliphatic heterocycles. The van der Waals surface area contributed by atoms with Gasteiger partial charge < -0.3 is 10.1 Å². The van der Waals surface area contributed by atoms with Gasteiger partial charge in [-0.3, -0.25) is 0 Å². The van der Waals surface area contributed by atoms with Gasteiger partial charge >= 0.3 is 0 Å². The van der Waals surface area contributed by atoms with E-state index in [1.807, 2.05) is 0 Å². The van der Waals surface area contributed by atoms with Crippen LogP contribution >= 0.6 is 0 Å². The molecule has 0 aromatic heterocycles. The van der Waals surface area contributed by atoms with Gasteiger partial charge in [-0.2, -0.15) is 0 Å². The lowest BCUT2D eigenvalue weighted by Gasteiger charge is -2.32. The average molecular weight is 199 g/mol. The number of hydrogen-bond donors (Lipinski definition) is 1. The molecule has 1 N–H and O–H groups in total. The number of nitrogens with one attached hydrogen (secondary N) is 1. The highest BCUT2D eigenvalue weighted by Gasteiger charge is 2.24. The lowest BCUT2D eigenvalue weighted by Crippen LogP contribution is -2.44. The second-order valence-corrected chi connectivity index (χ2v) is 4.25. The second-order valence-electron chi connectivity index (χ2n) is 4.25. The molecule has 14 heavy (non-hydrogen) atoms. The van der Waals surface area contributed by atoms with E-state index in [1.165, 1.54) is 32.1 Å². The van der Waals surface area contributed by atoms with Gasteiger partial charge in [0.1, 0.15) is 0 Å². The van der Waals surface area contributed by atoms with E-state index in [-0.39, 0.29) is 0 Å². The van der Waals surface area contributed by atoms with E-state index >= 15 is 0 Å². The molecule has 0 aromatic rings. The molecule has 1 rings (SSSR count). The molecular weight excluding hydrogens is 174 g/mol. The van der Waals surface area contributed by atoms with Crippen molar-refractivity contribution in [2.24, 2.45) is 0 Å². The SMILES string of the molecule is CCCNC1CCCCC1OCCC. The van der Waals surface area contributed by atoms with Crippen LogP contribution in [0.15, 0.2) is 0 Å². The Hall–Kier alpha value is -0.0800. The van der Waals surface area contributed by atoms with E-state index in [1.54, 1.807) is 0 Å². The zero-order valence-electron chi connectivity index (χ0n) is 9.72. The summed E-state index contributed by atoms with van der Waals surface area (Å²) < 4.78 is 5.88.